The number of aryl methyl sites for hydroxylation is 1. The first kappa shape index (κ1) is 30.6. The second-order valence-electron chi connectivity index (χ2n) is 10.6. The molecule has 8 nitrogen and oxygen atoms in total. The second kappa shape index (κ2) is 14.1. The number of nitrogens with zero attached hydrogens (tertiary/aromatic N) is 5. The predicted octanol–water partition coefficient (Wildman–Crippen LogP) is 6.97. The van der Waals surface area contributed by atoms with Crippen molar-refractivity contribution >= 4 is 51.3 Å². The van der Waals surface area contributed by atoms with Gasteiger partial charge in [-0.1, -0.05) is 53.2 Å². The molecule has 10 heteroatoms. The number of unbranched alkanes of at least 4 members (excludes halogenated alkanes) is 1. The first-order chi connectivity index (χ1) is 20.9. The molecule has 0 atom stereocenters. The minimum Gasteiger partial charge on any atom is -0.493 e. The Bertz CT molecular complexity index is 1740. The number of rotatable bonds is 13. The third-order valence-electron chi connectivity index (χ3n) is 7.46. The van der Waals surface area contributed by atoms with E-state index in [4.69, 9.17) is 26.1 Å². The zero-order chi connectivity index (χ0) is 30.3. The summed E-state index contributed by atoms with van der Waals surface area (Å²) in [6.45, 7) is 3.35. The van der Waals surface area contributed by atoms with Crippen LogP contribution in [-0.2, 0) is 17.8 Å². The van der Waals surface area contributed by atoms with Crippen LogP contribution in [0, 0.1) is 6.92 Å². The molecule has 0 spiro atoms. The third kappa shape index (κ3) is 7.40. The van der Waals surface area contributed by atoms with E-state index in [1.807, 2.05) is 43.4 Å². The molecule has 0 radical (unpaired) electrons. The Hall–Kier alpha value is -3.82. The van der Waals surface area contributed by atoms with Crippen molar-refractivity contribution in [2.24, 2.45) is 0 Å². The summed E-state index contributed by atoms with van der Waals surface area (Å²) in [6, 6.07) is 20.1. The summed E-state index contributed by atoms with van der Waals surface area (Å²) in [5, 5.41) is 11.4. The lowest BCUT2D eigenvalue weighted by molar-refractivity contribution is -0.129. The number of halogens is 1. The van der Waals surface area contributed by atoms with E-state index in [1.54, 1.807) is 30.9 Å². The van der Waals surface area contributed by atoms with Gasteiger partial charge in [0.1, 0.15) is 5.52 Å². The highest BCUT2D eigenvalue weighted by molar-refractivity contribution is 7.99. The van der Waals surface area contributed by atoms with Crippen molar-refractivity contribution in [2.75, 3.05) is 33.6 Å². The fraction of sp³-hybridized carbons (Fsp3) is 0.333. The summed E-state index contributed by atoms with van der Waals surface area (Å²) in [5.41, 5.74) is 6.03. The summed E-state index contributed by atoms with van der Waals surface area (Å²) in [6.07, 6.45) is 2.94. The molecule has 0 aliphatic carbocycles. The van der Waals surface area contributed by atoms with Crippen LogP contribution in [0.25, 0.3) is 22.1 Å². The molecule has 0 saturated carbocycles. The van der Waals surface area contributed by atoms with Gasteiger partial charge >= 0.3 is 0 Å². The lowest BCUT2D eigenvalue weighted by atomic mass is 10.1. The molecule has 0 unspecified atom stereocenters. The fourth-order valence-electron chi connectivity index (χ4n) is 5.08. The van der Waals surface area contributed by atoms with Crippen LogP contribution in [0.4, 0.5) is 0 Å². The van der Waals surface area contributed by atoms with Gasteiger partial charge in [0.05, 0.1) is 19.7 Å². The van der Waals surface area contributed by atoms with Gasteiger partial charge in [0, 0.05) is 42.7 Å². The summed E-state index contributed by atoms with van der Waals surface area (Å²) in [7, 11) is 5.10. The summed E-state index contributed by atoms with van der Waals surface area (Å²) in [4.78, 5) is 19.4. The normalized spacial score (nSPS) is 11.3. The molecule has 1 amide bonds. The highest BCUT2D eigenvalue weighted by Crippen LogP contribution is 2.30. The Morgan fingerprint density at radius 1 is 0.977 bits per heavy atom. The maximum absolute atomic E-state index is 12.7. The number of carbonyl (C=O) groups excluding carboxylic acids is 1. The van der Waals surface area contributed by atoms with Gasteiger partial charge < -0.3 is 18.9 Å². The number of aromatic nitrogens is 4. The number of methoxy groups -OCH3 is 2. The van der Waals surface area contributed by atoms with Gasteiger partial charge in [-0.2, -0.15) is 0 Å². The van der Waals surface area contributed by atoms with Crippen LogP contribution in [0.3, 0.4) is 0 Å². The number of hydrogen-bond acceptors (Lipinski definition) is 7. The van der Waals surface area contributed by atoms with Gasteiger partial charge in [0.25, 0.3) is 0 Å². The maximum atomic E-state index is 12.7. The number of fused-ring (bicyclic) bond motifs is 3. The van der Waals surface area contributed by atoms with Crippen LogP contribution < -0.4 is 9.47 Å². The molecule has 0 saturated heterocycles. The van der Waals surface area contributed by atoms with Crippen LogP contribution in [0.1, 0.15) is 36.0 Å². The summed E-state index contributed by atoms with van der Waals surface area (Å²) < 4.78 is 12.9. The Morgan fingerprint density at radius 2 is 1.81 bits per heavy atom. The molecular weight excluding hydrogens is 582 g/mol. The van der Waals surface area contributed by atoms with Crippen molar-refractivity contribution < 1.29 is 14.3 Å². The molecule has 5 aromatic rings. The van der Waals surface area contributed by atoms with Gasteiger partial charge in [0.15, 0.2) is 17.1 Å². The number of thioether (sulfide) groups is 1. The van der Waals surface area contributed by atoms with Crippen molar-refractivity contribution in [3.8, 4) is 11.5 Å². The van der Waals surface area contributed by atoms with Crippen molar-refractivity contribution in [1.82, 2.24) is 24.6 Å². The van der Waals surface area contributed by atoms with E-state index in [2.05, 4.69) is 46.0 Å². The topological polar surface area (TPSA) is 82.4 Å². The Kier molecular flexibility index (Phi) is 10.0. The number of likely N-dealkylation sites (N-methyl/N-ethyl adjacent to an activating group) is 1. The van der Waals surface area contributed by atoms with E-state index in [9.17, 15) is 4.79 Å². The number of ether oxygens (including phenoxy) is 2. The molecule has 0 bridgehead atoms. The third-order valence-corrected chi connectivity index (χ3v) is 8.62. The van der Waals surface area contributed by atoms with Crippen LogP contribution >= 0.6 is 23.4 Å². The fourth-order valence-corrected chi connectivity index (χ4v) is 6.08. The van der Waals surface area contributed by atoms with Gasteiger partial charge in [-0.05, 0) is 73.7 Å². The summed E-state index contributed by atoms with van der Waals surface area (Å²) in [5.74, 6) is 2.35. The maximum Gasteiger partial charge on any atom is 0.222 e. The minimum absolute atomic E-state index is 0.144. The molecule has 3 aromatic carbocycles. The van der Waals surface area contributed by atoms with Gasteiger partial charge in [-0.15, -0.1) is 10.2 Å². The predicted molar refractivity (Wildman–Crippen MR) is 174 cm³/mol. The quantitative estimate of drug-likeness (QED) is 0.104. The van der Waals surface area contributed by atoms with E-state index in [0.717, 1.165) is 63.8 Å². The molecule has 0 fully saturated rings. The lowest BCUT2D eigenvalue weighted by Gasteiger charge is -2.17. The molecule has 0 N–H and O–H groups in total. The van der Waals surface area contributed by atoms with Gasteiger partial charge in [-0.3, -0.25) is 4.79 Å². The first-order valence-corrected chi connectivity index (χ1v) is 15.7. The van der Waals surface area contributed by atoms with Crippen LogP contribution in [-0.4, -0.2) is 64.1 Å². The van der Waals surface area contributed by atoms with Crippen LogP contribution in [0.5, 0.6) is 11.5 Å². The highest BCUT2D eigenvalue weighted by atomic mass is 35.5. The van der Waals surface area contributed by atoms with Crippen molar-refractivity contribution in [1.29, 1.82) is 0 Å². The number of benzene rings is 3. The van der Waals surface area contributed by atoms with Gasteiger partial charge in [-0.25, -0.2) is 4.98 Å². The largest absolute Gasteiger partial charge is 0.493 e. The lowest BCUT2D eigenvalue weighted by Crippen LogP contribution is -2.28. The second-order valence-corrected chi connectivity index (χ2v) is 12.1. The Balaban J connectivity index is 1.16. The number of amides is 1. The highest BCUT2D eigenvalue weighted by Gasteiger charge is 2.16. The van der Waals surface area contributed by atoms with E-state index in [-0.39, 0.29) is 5.91 Å². The SMILES string of the molecule is COc1ccc(CCN(C)C(=O)CCCCSc2nnc3c4cc(C)ccc4n(Cc4cccc(Cl)c4)c3n2)cc1OC. The van der Waals surface area contributed by atoms with Crippen molar-refractivity contribution in [3.63, 3.8) is 0 Å². The van der Waals surface area contributed by atoms with Crippen LogP contribution in [0.15, 0.2) is 65.8 Å². The monoisotopic (exact) mass is 617 g/mol. The zero-order valence-electron chi connectivity index (χ0n) is 25.0. The first-order valence-electron chi connectivity index (χ1n) is 14.3. The number of carbonyl (C=O) groups is 1. The molecule has 2 aromatic heterocycles. The zero-order valence-corrected chi connectivity index (χ0v) is 26.5. The molecule has 0 aliphatic heterocycles. The Morgan fingerprint density at radius 3 is 2.60 bits per heavy atom. The smallest absolute Gasteiger partial charge is 0.222 e. The van der Waals surface area contributed by atoms with E-state index >= 15 is 0 Å². The average Bonchev–Trinajstić information content (AvgIpc) is 3.30. The number of hydrogen-bond donors (Lipinski definition) is 0. The van der Waals surface area contributed by atoms with E-state index < -0.39 is 0 Å². The van der Waals surface area contributed by atoms with E-state index in [1.165, 1.54) is 0 Å². The molecule has 0 aliphatic rings. The van der Waals surface area contributed by atoms with Crippen molar-refractivity contribution in [3.05, 3.63) is 82.4 Å². The average molecular weight is 618 g/mol. The molecule has 224 valence electrons. The molecule has 43 heavy (non-hydrogen) atoms. The van der Waals surface area contributed by atoms with Crippen molar-refractivity contribution in [2.45, 2.75) is 44.3 Å². The van der Waals surface area contributed by atoms with Crippen LogP contribution in [0.2, 0.25) is 5.02 Å². The molecular formula is C33H36ClN5O3S. The molecule has 2 heterocycles. The standard InChI is InChI=1S/C33H36ClN5O3S/c1-22-11-13-27-26(18-22)31-32(39(27)21-24-8-7-9-25(34)19-24)35-33(37-36-31)43-17-6-5-10-30(40)38(2)16-15-23-12-14-28(41-3)29(20-23)42-4/h7-9,11-14,18-20H,5-6,10,15-17,21H2,1-4H3. The van der Waals surface area contributed by atoms with E-state index in [0.29, 0.717) is 41.2 Å². The molecule has 5 rings (SSSR count). The summed E-state index contributed by atoms with van der Waals surface area (Å²) >= 11 is 7.84. The minimum atomic E-state index is 0.144. The van der Waals surface area contributed by atoms with Gasteiger partial charge in [0.2, 0.25) is 11.1 Å². The Labute approximate surface area is 261 Å².